The van der Waals surface area contributed by atoms with Gasteiger partial charge in [-0.05, 0) is 19.1 Å². The third-order valence-corrected chi connectivity index (χ3v) is 4.46. The molecule has 2 aromatic heterocycles. The van der Waals surface area contributed by atoms with Crippen LogP contribution in [0.1, 0.15) is 28.9 Å². The Labute approximate surface area is 128 Å². The number of ether oxygens (including phenoxy) is 2. The lowest BCUT2D eigenvalue weighted by Gasteiger charge is -2.37. The van der Waals surface area contributed by atoms with Gasteiger partial charge in [-0.3, -0.25) is 4.79 Å². The van der Waals surface area contributed by atoms with Crippen molar-refractivity contribution in [1.82, 2.24) is 14.3 Å². The average molecular weight is 301 g/mol. The zero-order valence-corrected chi connectivity index (χ0v) is 12.6. The summed E-state index contributed by atoms with van der Waals surface area (Å²) in [6.07, 6.45) is 5.31. The smallest absolute Gasteiger partial charge is 0.257 e. The number of carbonyl (C=O) groups is 1. The Balaban J connectivity index is 1.56. The van der Waals surface area contributed by atoms with Gasteiger partial charge in [-0.15, -0.1) is 0 Å². The lowest BCUT2D eigenvalue weighted by atomic mass is 10.0. The molecule has 1 spiro atoms. The first-order valence-electron chi connectivity index (χ1n) is 7.68. The quantitative estimate of drug-likeness (QED) is 0.803. The molecule has 2 saturated heterocycles. The number of carbonyl (C=O) groups excluding carboxylic acids is 1. The SMILES string of the molecule is Cc1cn2cccc(C(=O)N3CCC4(CC3)OCCO4)c2n1. The molecule has 116 valence electrons. The molecule has 1 amide bonds. The lowest BCUT2D eigenvalue weighted by molar-refractivity contribution is -0.181. The number of pyridine rings is 1. The van der Waals surface area contributed by atoms with Crippen LogP contribution < -0.4 is 0 Å². The normalized spacial score (nSPS) is 20.9. The highest BCUT2D eigenvalue weighted by molar-refractivity contribution is 5.99. The highest BCUT2D eigenvalue weighted by Crippen LogP contribution is 2.31. The molecule has 4 rings (SSSR count). The number of aryl methyl sites for hydroxylation is 1. The molecule has 6 nitrogen and oxygen atoms in total. The maximum atomic E-state index is 12.8. The highest BCUT2D eigenvalue weighted by atomic mass is 16.7. The second kappa shape index (κ2) is 5.07. The Morgan fingerprint density at radius 1 is 1.27 bits per heavy atom. The molecular weight excluding hydrogens is 282 g/mol. The van der Waals surface area contributed by atoms with E-state index in [2.05, 4.69) is 4.98 Å². The summed E-state index contributed by atoms with van der Waals surface area (Å²) in [6, 6.07) is 3.73. The molecule has 0 atom stereocenters. The number of aromatic nitrogens is 2. The van der Waals surface area contributed by atoms with Crippen LogP contribution in [0.25, 0.3) is 5.65 Å². The molecule has 0 radical (unpaired) electrons. The number of nitrogens with zero attached hydrogens (tertiary/aromatic N) is 3. The number of amides is 1. The van der Waals surface area contributed by atoms with E-state index >= 15 is 0 Å². The second-order valence-corrected chi connectivity index (χ2v) is 5.93. The van der Waals surface area contributed by atoms with Gasteiger partial charge in [-0.1, -0.05) is 0 Å². The second-order valence-electron chi connectivity index (χ2n) is 5.93. The zero-order chi connectivity index (χ0) is 15.2. The van der Waals surface area contributed by atoms with Gasteiger partial charge in [-0.25, -0.2) is 4.98 Å². The van der Waals surface area contributed by atoms with Gasteiger partial charge in [0.2, 0.25) is 0 Å². The summed E-state index contributed by atoms with van der Waals surface area (Å²) in [4.78, 5) is 19.2. The minimum Gasteiger partial charge on any atom is -0.347 e. The Hall–Kier alpha value is -1.92. The largest absolute Gasteiger partial charge is 0.347 e. The van der Waals surface area contributed by atoms with Gasteiger partial charge >= 0.3 is 0 Å². The van der Waals surface area contributed by atoms with Gasteiger partial charge < -0.3 is 18.8 Å². The summed E-state index contributed by atoms with van der Waals surface area (Å²) in [5.74, 6) is -0.420. The lowest BCUT2D eigenvalue weighted by Crippen LogP contribution is -2.47. The summed E-state index contributed by atoms with van der Waals surface area (Å²) in [5.41, 5.74) is 2.28. The average Bonchev–Trinajstić information content (AvgIpc) is 3.13. The Morgan fingerprint density at radius 3 is 2.73 bits per heavy atom. The van der Waals surface area contributed by atoms with E-state index in [0.29, 0.717) is 31.9 Å². The van der Waals surface area contributed by atoms with Crippen LogP contribution >= 0.6 is 0 Å². The number of rotatable bonds is 1. The molecule has 22 heavy (non-hydrogen) atoms. The van der Waals surface area contributed by atoms with E-state index in [1.807, 2.05) is 40.8 Å². The molecule has 0 aromatic carbocycles. The number of likely N-dealkylation sites (tertiary alicyclic amines) is 1. The molecule has 2 fully saturated rings. The molecule has 0 bridgehead atoms. The maximum absolute atomic E-state index is 12.8. The molecule has 4 heterocycles. The Bertz CT molecular complexity index is 708. The van der Waals surface area contributed by atoms with Crippen molar-refractivity contribution in [3.8, 4) is 0 Å². The molecular formula is C16H19N3O3. The summed E-state index contributed by atoms with van der Waals surface area (Å²) in [7, 11) is 0. The van der Waals surface area contributed by atoms with Crippen molar-refractivity contribution in [2.24, 2.45) is 0 Å². The number of hydrogen-bond donors (Lipinski definition) is 0. The third-order valence-electron chi connectivity index (χ3n) is 4.46. The summed E-state index contributed by atoms with van der Waals surface area (Å²) < 4.78 is 13.3. The summed E-state index contributed by atoms with van der Waals surface area (Å²) in [6.45, 7) is 4.54. The van der Waals surface area contributed by atoms with Crippen LogP contribution in [0.5, 0.6) is 0 Å². The number of fused-ring (bicyclic) bond motifs is 1. The van der Waals surface area contributed by atoms with Gasteiger partial charge in [0.1, 0.15) is 5.65 Å². The maximum Gasteiger partial charge on any atom is 0.257 e. The van der Waals surface area contributed by atoms with Crippen LogP contribution in [-0.4, -0.2) is 52.3 Å². The van der Waals surface area contributed by atoms with Crippen LogP contribution in [0.15, 0.2) is 24.5 Å². The first kappa shape index (κ1) is 13.7. The number of hydrogen-bond acceptors (Lipinski definition) is 4. The molecule has 6 heteroatoms. The summed E-state index contributed by atoms with van der Waals surface area (Å²) in [5, 5.41) is 0. The van der Waals surface area contributed by atoms with Crippen LogP contribution in [0.2, 0.25) is 0 Å². The predicted octanol–water partition coefficient (Wildman–Crippen LogP) is 1.62. The highest BCUT2D eigenvalue weighted by Gasteiger charge is 2.41. The van der Waals surface area contributed by atoms with Crippen molar-refractivity contribution in [3.05, 3.63) is 35.8 Å². The standard InChI is InChI=1S/C16H19N3O3/c1-12-11-19-6-2-3-13(14(19)17-12)15(20)18-7-4-16(5-8-18)21-9-10-22-16/h2-3,6,11H,4-5,7-10H2,1H3. The molecule has 0 unspecified atom stereocenters. The van der Waals surface area contributed by atoms with Gasteiger partial charge in [-0.2, -0.15) is 0 Å². The third kappa shape index (κ3) is 2.19. The van der Waals surface area contributed by atoms with Gasteiger partial charge in [0.25, 0.3) is 5.91 Å². The molecule has 0 saturated carbocycles. The first-order valence-corrected chi connectivity index (χ1v) is 7.68. The van der Waals surface area contributed by atoms with Crippen LogP contribution in [0.3, 0.4) is 0 Å². The minimum absolute atomic E-state index is 0.0315. The van der Waals surface area contributed by atoms with Crippen LogP contribution in [0.4, 0.5) is 0 Å². The predicted molar refractivity (Wildman–Crippen MR) is 79.7 cm³/mol. The van der Waals surface area contributed by atoms with Crippen molar-refractivity contribution in [2.75, 3.05) is 26.3 Å². The van der Waals surface area contributed by atoms with E-state index in [9.17, 15) is 4.79 Å². The molecule has 0 N–H and O–H groups in total. The fourth-order valence-corrected chi connectivity index (χ4v) is 3.31. The topological polar surface area (TPSA) is 56.1 Å². The molecule has 2 aromatic rings. The van der Waals surface area contributed by atoms with E-state index in [4.69, 9.17) is 9.47 Å². The van der Waals surface area contributed by atoms with Crippen molar-refractivity contribution >= 4 is 11.6 Å². The molecule has 2 aliphatic rings. The van der Waals surface area contributed by atoms with E-state index < -0.39 is 5.79 Å². The van der Waals surface area contributed by atoms with Gasteiger partial charge in [0.15, 0.2) is 5.79 Å². The number of piperidine rings is 1. The van der Waals surface area contributed by atoms with Gasteiger partial charge in [0.05, 0.1) is 24.5 Å². The summed E-state index contributed by atoms with van der Waals surface area (Å²) >= 11 is 0. The fourth-order valence-electron chi connectivity index (χ4n) is 3.31. The Kier molecular flexibility index (Phi) is 3.16. The van der Waals surface area contributed by atoms with E-state index in [1.165, 1.54) is 0 Å². The number of imidazole rings is 1. The first-order chi connectivity index (χ1) is 10.7. The van der Waals surface area contributed by atoms with E-state index in [-0.39, 0.29) is 5.91 Å². The monoisotopic (exact) mass is 301 g/mol. The minimum atomic E-state index is -0.452. The fraction of sp³-hybridized carbons (Fsp3) is 0.500. The van der Waals surface area contributed by atoms with Crippen molar-refractivity contribution in [1.29, 1.82) is 0 Å². The van der Waals surface area contributed by atoms with Crippen LogP contribution in [-0.2, 0) is 9.47 Å². The van der Waals surface area contributed by atoms with Crippen LogP contribution in [0, 0.1) is 6.92 Å². The molecule has 2 aliphatic heterocycles. The van der Waals surface area contributed by atoms with Crippen molar-refractivity contribution in [3.63, 3.8) is 0 Å². The van der Waals surface area contributed by atoms with Crippen molar-refractivity contribution < 1.29 is 14.3 Å². The van der Waals surface area contributed by atoms with Crippen molar-refractivity contribution in [2.45, 2.75) is 25.6 Å². The molecule has 0 aliphatic carbocycles. The van der Waals surface area contributed by atoms with Gasteiger partial charge in [0, 0.05) is 38.3 Å². The zero-order valence-electron chi connectivity index (χ0n) is 12.6. The van der Waals surface area contributed by atoms with E-state index in [0.717, 1.165) is 24.2 Å². The van der Waals surface area contributed by atoms with E-state index in [1.54, 1.807) is 0 Å². The Morgan fingerprint density at radius 2 is 2.00 bits per heavy atom.